The molecular weight excluding hydrogens is 392 g/mol. The number of hydrogen-bond donors (Lipinski definition) is 1. The molecule has 0 fully saturated rings. The Morgan fingerprint density at radius 1 is 1.06 bits per heavy atom. The lowest BCUT2D eigenvalue weighted by molar-refractivity contribution is -0.384. The molecule has 0 spiro atoms. The number of nitrogens with one attached hydrogen (secondary N) is 1. The first kappa shape index (κ1) is 20.4. The van der Waals surface area contributed by atoms with Crippen LogP contribution in [-0.4, -0.2) is 28.5 Å². The van der Waals surface area contributed by atoms with Crippen LogP contribution >= 0.6 is 0 Å². The van der Waals surface area contributed by atoms with E-state index >= 15 is 0 Å². The smallest absolute Gasteiger partial charge is 0.271 e. The molecule has 3 aromatic rings. The molecule has 0 saturated heterocycles. The van der Waals surface area contributed by atoms with E-state index in [-0.39, 0.29) is 11.6 Å². The summed E-state index contributed by atoms with van der Waals surface area (Å²) in [6, 6.07) is 22.1. The van der Waals surface area contributed by atoms with Gasteiger partial charge in [-0.15, -0.1) is 0 Å². The third-order valence-electron chi connectivity index (χ3n) is 5.29. The molecule has 1 heterocycles. The fourth-order valence-electron chi connectivity index (χ4n) is 3.66. The van der Waals surface area contributed by atoms with Gasteiger partial charge in [-0.3, -0.25) is 19.8 Å². The molecule has 0 bridgehead atoms. The number of amides is 1. The van der Waals surface area contributed by atoms with Gasteiger partial charge in [0.05, 0.1) is 11.1 Å². The predicted octanol–water partition coefficient (Wildman–Crippen LogP) is 3.92. The molecule has 7 nitrogen and oxygen atoms in total. The van der Waals surface area contributed by atoms with Crippen LogP contribution in [-0.2, 0) is 19.5 Å². The highest BCUT2D eigenvalue weighted by Gasteiger charge is 2.16. The van der Waals surface area contributed by atoms with Crippen molar-refractivity contribution in [1.29, 1.82) is 0 Å². The van der Waals surface area contributed by atoms with Crippen LogP contribution in [0, 0.1) is 10.1 Å². The third kappa shape index (κ3) is 5.21. The maximum atomic E-state index is 12.3. The minimum absolute atomic E-state index is 0.0249. The predicted molar refractivity (Wildman–Crippen MR) is 119 cm³/mol. The van der Waals surface area contributed by atoms with Gasteiger partial charge in [0.2, 0.25) is 0 Å². The number of nitro benzene ring substituents is 1. The summed E-state index contributed by atoms with van der Waals surface area (Å²) in [5.41, 5.74) is 7.43. The van der Waals surface area contributed by atoms with Gasteiger partial charge in [0.1, 0.15) is 0 Å². The summed E-state index contributed by atoms with van der Waals surface area (Å²) in [5, 5.41) is 14.7. The maximum absolute atomic E-state index is 12.3. The zero-order valence-electron chi connectivity index (χ0n) is 16.9. The summed E-state index contributed by atoms with van der Waals surface area (Å²) < 4.78 is 0. The summed E-state index contributed by atoms with van der Waals surface area (Å²) in [4.78, 5) is 25.1. The summed E-state index contributed by atoms with van der Waals surface area (Å²) in [6.07, 6.45) is 2.44. The van der Waals surface area contributed by atoms with Crippen LogP contribution in [0.1, 0.15) is 32.6 Å². The lowest BCUT2D eigenvalue weighted by Gasteiger charge is -2.28. The van der Waals surface area contributed by atoms with E-state index in [9.17, 15) is 14.9 Å². The minimum atomic E-state index is -0.472. The Morgan fingerprint density at radius 2 is 1.84 bits per heavy atom. The maximum Gasteiger partial charge on any atom is 0.271 e. The largest absolute Gasteiger partial charge is 0.294 e. The highest BCUT2D eigenvalue weighted by atomic mass is 16.6. The van der Waals surface area contributed by atoms with Crippen molar-refractivity contribution in [2.75, 3.05) is 6.54 Å². The second-order valence-corrected chi connectivity index (χ2v) is 7.48. The number of non-ortho nitro benzene ring substituents is 1. The first-order valence-corrected chi connectivity index (χ1v) is 10.0. The van der Waals surface area contributed by atoms with Gasteiger partial charge in [-0.25, -0.2) is 5.43 Å². The summed E-state index contributed by atoms with van der Waals surface area (Å²) in [7, 11) is 0. The second kappa shape index (κ2) is 9.32. The lowest BCUT2D eigenvalue weighted by atomic mass is 9.99. The highest BCUT2D eigenvalue weighted by molar-refractivity contribution is 5.94. The molecule has 31 heavy (non-hydrogen) atoms. The number of rotatable bonds is 6. The fraction of sp³-hybridized carbons (Fsp3) is 0.167. The van der Waals surface area contributed by atoms with Crippen LogP contribution in [0.15, 0.2) is 77.9 Å². The van der Waals surface area contributed by atoms with E-state index in [1.165, 1.54) is 29.5 Å². The topological polar surface area (TPSA) is 87.8 Å². The molecule has 3 aromatic carbocycles. The van der Waals surface area contributed by atoms with Gasteiger partial charge in [-0.1, -0.05) is 48.5 Å². The average Bonchev–Trinajstić information content (AvgIpc) is 2.79. The number of hydrogen-bond acceptors (Lipinski definition) is 5. The van der Waals surface area contributed by atoms with Crippen molar-refractivity contribution in [3.8, 4) is 0 Å². The van der Waals surface area contributed by atoms with Crippen LogP contribution in [0.25, 0.3) is 0 Å². The van der Waals surface area contributed by atoms with Crippen LogP contribution in [0.5, 0.6) is 0 Å². The van der Waals surface area contributed by atoms with E-state index in [0.717, 1.165) is 31.6 Å². The van der Waals surface area contributed by atoms with Crippen molar-refractivity contribution < 1.29 is 9.72 Å². The molecule has 0 saturated carbocycles. The van der Waals surface area contributed by atoms with Gasteiger partial charge in [0.15, 0.2) is 0 Å². The van der Waals surface area contributed by atoms with E-state index in [2.05, 4.69) is 39.7 Å². The minimum Gasteiger partial charge on any atom is -0.294 e. The molecule has 0 unspecified atom stereocenters. The molecule has 0 atom stereocenters. The molecule has 7 heteroatoms. The Hall–Kier alpha value is -3.84. The van der Waals surface area contributed by atoms with Gasteiger partial charge in [0.25, 0.3) is 11.6 Å². The van der Waals surface area contributed by atoms with Crippen LogP contribution in [0.3, 0.4) is 0 Å². The lowest BCUT2D eigenvalue weighted by Crippen LogP contribution is -2.30. The Morgan fingerprint density at radius 3 is 2.61 bits per heavy atom. The molecule has 1 N–H and O–H groups in total. The van der Waals surface area contributed by atoms with Crippen molar-refractivity contribution >= 4 is 17.8 Å². The van der Waals surface area contributed by atoms with Crippen LogP contribution < -0.4 is 5.43 Å². The van der Waals surface area contributed by atoms with Crippen molar-refractivity contribution in [3.05, 3.63) is 111 Å². The van der Waals surface area contributed by atoms with Crippen LogP contribution in [0.2, 0.25) is 0 Å². The number of nitro groups is 1. The number of carbonyl (C=O) groups is 1. The SMILES string of the molecule is O=C(N/N=C\c1cccc([N+](=O)[O-])c1)c1ccc(CN2CCc3ccccc3C2)cc1. The molecular formula is C24H22N4O3. The van der Waals surface area contributed by atoms with Gasteiger partial charge < -0.3 is 0 Å². The number of hydrazone groups is 1. The second-order valence-electron chi connectivity index (χ2n) is 7.48. The zero-order valence-corrected chi connectivity index (χ0v) is 16.9. The van der Waals surface area contributed by atoms with Crippen molar-refractivity contribution in [2.24, 2.45) is 5.10 Å². The molecule has 0 aromatic heterocycles. The number of benzene rings is 3. The quantitative estimate of drug-likeness (QED) is 0.376. The Kier molecular flexibility index (Phi) is 6.14. The first-order chi connectivity index (χ1) is 15.1. The Balaban J connectivity index is 1.32. The van der Waals surface area contributed by atoms with Gasteiger partial charge in [-0.2, -0.15) is 5.10 Å². The van der Waals surface area contributed by atoms with E-state index in [1.807, 2.05) is 12.1 Å². The molecule has 1 amide bonds. The first-order valence-electron chi connectivity index (χ1n) is 10.0. The van der Waals surface area contributed by atoms with Crippen molar-refractivity contribution in [3.63, 3.8) is 0 Å². The van der Waals surface area contributed by atoms with Gasteiger partial charge in [-0.05, 0) is 35.2 Å². The monoisotopic (exact) mass is 414 g/mol. The van der Waals surface area contributed by atoms with E-state index in [0.29, 0.717) is 11.1 Å². The van der Waals surface area contributed by atoms with Crippen molar-refractivity contribution in [2.45, 2.75) is 19.5 Å². The number of fused-ring (bicyclic) bond motifs is 1. The summed E-state index contributed by atoms with van der Waals surface area (Å²) >= 11 is 0. The Labute approximate surface area is 180 Å². The third-order valence-corrected chi connectivity index (χ3v) is 5.29. The zero-order chi connectivity index (χ0) is 21.6. The number of carbonyl (C=O) groups excluding carboxylic acids is 1. The summed E-state index contributed by atoms with van der Waals surface area (Å²) in [5.74, 6) is -0.333. The summed E-state index contributed by atoms with van der Waals surface area (Å²) in [6.45, 7) is 2.79. The molecule has 0 aliphatic carbocycles. The molecule has 1 aliphatic heterocycles. The normalized spacial score (nSPS) is 13.7. The standard InChI is InChI=1S/C24H22N4O3/c29-24(26-25-15-19-4-3-7-23(14-19)28(30)31)21-10-8-18(9-11-21)16-27-13-12-20-5-1-2-6-22(20)17-27/h1-11,14-15H,12-13,16-17H2,(H,26,29)/b25-15-. The highest BCUT2D eigenvalue weighted by Crippen LogP contribution is 2.20. The van der Waals surface area contributed by atoms with Gasteiger partial charge in [0, 0.05) is 42.9 Å². The molecule has 4 rings (SSSR count). The number of nitrogens with zero attached hydrogens (tertiary/aromatic N) is 3. The average molecular weight is 414 g/mol. The molecule has 0 radical (unpaired) electrons. The van der Waals surface area contributed by atoms with Crippen molar-refractivity contribution in [1.82, 2.24) is 10.3 Å². The Bertz CT molecular complexity index is 1130. The fourth-order valence-corrected chi connectivity index (χ4v) is 3.66. The molecule has 1 aliphatic rings. The van der Waals surface area contributed by atoms with Gasteiger partial charge >= 0.3 is 0 Å². The van der Waals surface area contributed by atoms with E-state index in [1.54, 1.807) is 24.3 Å². The van der Waals surface area contributed by atoms with E-state index in [4.69, 9.17) is 0 Å². The van der Waals surface area contributed by atoms with E-state index < -0.39 is 4.92 Å². The van der Waals surface area contributed by atoms with Crippen LogP contribution in [0.4, 0.5) is 5.69 Å². The molecule has 156 valence electrons.